The van der Waals surface area contributed by atoms with Crippen LogP contribution in [0, 0.1) is 17.8 Å². The fraction of sp³-hybridized carbons (Fsp3) is 0.568. The van der Waals surface area contributed by atoms with Crippen LogP contribution in [0.4, 0.5) is 0 Å². The van der Waals surface area contributed by atoms with Gasteiger partial charge in [-0.3, -0.25) is 9.97 Å². The third-order valence-electron chi connectivity index (χ3n) is 4.10. The lowest BCUT2D eigenvalue weighted by Gasteiger charge is -2.01. The first-order valence-corrected chi connectivity index (χ1v) is 15.0. The molecule has 222 valence electrons. The molecule has 0 fully saturated rings. The van der Waals surface area contributed by atoms with E-state index in [2.05, 4.69) is 144 Å². The summed E-state index contributed by atoms with van der Waals surface area (Å²) >= 11 is 0. The van der Waals surface area contributed by atoms with Gasteiger partial charge in [0.1, 0.15) is 0 Å². The third-order valence-corrected chi connectivity index (χ3v) is 4.10. The van der Waals surface area contributed by atoms with Crippen molar-refractivity contribution in [1.82, 2.24) is 9.97 Å². The predicted octanol–water partition coefficient (Wildman–Crippen LogP) is 12.2. The van der Waals surface area contributed by atoms with Gasteiger partial charge in [0.25, 0.3) is 0 Å². The highest BCUT2D eigenvalue weighted by atomic mass is 14.7. The van der Waals surface area contributed by atoms with Gasteiger partial charge in [-0.15, -0.1) is 0 Å². The molecule has 0 bridgehead atoms. The van der Waals surface area contributed by atoms with Crippen LogP contribution in [0.25, 0.3) is 0 Å². The predicted molar refractivity (Wildman–Crippen MR) is 179 cm³/mol. The minimum atomic E-state index is 0.547. The van der Waals surface area contributed by atoms with Gasteiger partial charge < -0.3 is 0 Å². The summed E-state index contributed by atoms with van der Waals surface area (Å²) in [6.45, 7) is 32.5. The summed E-state index contributed by atoms with van der Waals surface area (Å²) in [4.78, 5) is 8.18. The van der Waals surface area contributed by atoms with Crippen LogP contribution < -0.4 is 0 Å². The molecule has 0 radical (unpaired) electrons. The average Bonchev–Trinajstić information content (AvgIpc) is 2.85. The molecule has 0 saturated carbocycles. The van der Waals surface area contributed by atoms with Gasteiger partial charge in [-0.05, 0) is 64.8 Å². The standard InChI is InChI=1S/C9H12.2C8H11N.3C4H10/c1-8(2)9-6-4-3-5-7-9;1-7(2)8-4-3-5-9-6-8;1-7(2)8-5-3-4-6-9-8;3*1-4(2)3/h3-8H,1-2H3;2*3-7H,1-2H3;3*4H,1-3H3. The first kappa shape index (κ1) is 41.0. The van der Waals surface area contributed by atoms with Crippen LogP contribution in [0.15, 0.2) is 79.3 Å². The highest BCUT2D eigenvalue weighted by Crippen LogP contribution is 2.12. The van der Waals surface area contributed by atoms with Gasteiger partial charge in [0.05, 0.1) is 0 Å². The van der Waals surface area contributed by atoms with E-state index in [0.717, 1.165) is 23.4 Å². The van der Waals surface area contributed by atoms with E-state index in [9.17, 15) is 0 Å². The summed E-state index contributed by atoms with van der Waals surface area (Å²) in [5.74, 6) is 4.30. The maximum Gasteiger partial charge on any atom is 0.0428 e. The Labute approximate surface area is 245 Å². The van der Waals surface area contributed by atoms with E-state index in [1.54, 1.807) is 6.20 Å². The highest BCUT2D eigenvalue weighted by Gasteiger charge is 1.96. The van der Waals surface area contributed by atoms with Crippen LogP contribution >= 0.6 is 0 Å². The minimum absolute atomic E-state index is 0.547. The molecule has 0 aliphatic carbocycles. The average molecular weight is 537 g/mol. The summed E-state index contributed by atoms with van der Waals surface area (Å²) < 4.78 is 0. The van der Waals surface area contributed by atoms with E-state index in [1.165, 1.54) is 11.1 Å². The molecule has 1 aromatic carbocycles. The molecular weight excluding hydrogens is 472 g/mol. The lowest BCUT2D eigenvalue weighted by molar-refractivity contribution is 0.736. The Morgan fingerprint density at radius 2 is 0.821 bits per heavy atom. The summed E-state index contributed by atoms with van der Waals surface area (Å²) in [5.41, 5.74) is 3.88. The molecule has 2 aromatic heterocycles. The second kappa shape index (κ2) is 27.1. The van der Waals surface area contributed by atoms with Crippen molar-refractivity contribution >= 4 is 0 Å². The monoisotopic (exact) mass is 537 g/mol. The van der Waals surface area contributed by atoms with Crippen molar-refractivity contribution in [3.05, 3.63) is 96.1 Å². The second-order valence-electron chi connectivity index (χ2n) is 12.6. The molecule has 0 atom stereocenters. The van der Waals surface area contributed by atoms with Gasteiger partial charge in [-0.25, -0.2) is 0 Å². The Bertz CT molecular complexity index is 710. The third kappa shape index (κ3) is 35.5. The van der Waals surface area contributed by atoms with E-state index in [-0.39, 0.29) is 0 Å². The Morgan fingerprint density at radius 1 is 0.410 bits per heavy atom. The van der Waals surface area contributed by atoms with Gasteiger partial charge in [0.15, 0.2) is 0 Å². The van der Waals surface area contributed by atoms with Crippen molar-refractivity contribution in [2.24, 2.45) is 17.8 Å². The number of pyridine rings is 2. The fourth-order valence-electron chi connectivity index (χ4n) is 2.27. The molecule has 0 unspecified atom stereocenters. The Morgan fingerprint density at radius 3 is 1.05 bits per heavy atom. The largest absolute Gasteiger partial charge is 0.264 e. The lowest BCUT2D eigenvalue weighted by Crippen LogP contribution is -1.88. The van der Waals surface area contributed by atoms with Gasteiger partial charge >= 0.3 is 0 Å². The van der Waals surface area contributed by atoms with Crippen molar-refractivity contribution in [3.63, 3.8) is 0 Å². The van der Waals surface area contributed by atoms with E-state index < -0.39 is 0 Å². The zero-order valence-electron chi connectivity index (χ0n) is 28.4. The Balaban J connectivity index is -0.000000417. The minimum Gasteiger partial charge on any atom is -0.264 e. The lowest BCUT2D eigenvalue weighted by atomic mass is 10.0. The first-order chi connectivity index (χ1) is 18.1. The van der Waals surface area contributed by atoms with Crippen LogP contribution in [-0.4, -0.2) is 9.97 Å². The molecule has 39 heavy (non-hydrogen) atoms. The molecule has 2 heterocycles. The van der Waals surface area contributed by atoms with E-state index >= 15 is 0 Å². The summed E-state index contributed by atoms with van der Waals surface area (Å²) in [7, 11) is 0. The van der Waals surface area contributed by atoms with Gasteiger partial charge in [0, 0.05) is 24.3 Å². The molecule has 0 N–H and O–H groups in total. The fourth-order valence-corrected chi connectivity index (χ4v) is 2.27. The van der Waals surface area contributed by atoms with Crippen LogP contribution in [0.3, 0.4) is 0 Å². The molecule has 0 amide bonds. The second-order valence-corrected chi connectivity index (χ2v) is 12.6. The summed E-state index contributed by atoms with van der Waals surface area (Å²) in [5, 5.41) is 0. The molecule has 0 spiro atoms. The van der Waals surface area contributed by atoms with E-state index in [0.29, 0.717) is 17.8 Å². The van der Waals surface area contributed by atoms with Crippen molar-refractivity contribution in [1.29, 1.82) is 0 Å². The van der Waals surface area contributed by atoms with Crippen molar-refractivity contribution < 1.29 is 0 Å². The van der Waals surface area contributed by atoms with Crippen molar-refractivity contribution in [2.45, 2.75) is 122 Å². The number of hydrogen-bond donors (Lipinski definition) is 0. The first-order valence-electron chi connectivity index (χ1n) is 15.0. The molecule has 0 saturated heterocycles. The maximum absolute atomic E-state index is 4.18. The van der Waals surface area contributed by atoms with E-state index in [1.807, 2.05) is 42.7 Å². The number of aromatic nitrogens is 2. The quantitative estimate of drug-likeness (QED) is 0.332. The number of hydrogen-bond acceptors (Lipinski definition) is 2. The normalized spacial score (nSPS) is 9.77. The summed E-state index contributed by atoms with van der Waals surface area (Å²) in [6, 6.07) is 20.6. The van der Waals surface area contributed by atoms with Crippen molar-refractivity contribution in [2.75, 3.05) is 0 Å². The molecule has 2 nitrogen and oxygen atoms in total. The Hall–Kier alpha value is -2.48. The molecule has 0 aliphatic heterocycles. The SMILES string of the molecule is CC(C)C.CC(C)C.CC(C)C.CC(C)c1ccccc1.CC(C)c1ccccn1.CC(C)c1cccnc1. The van der Waals surface area contributed by atoms with Crippen LogP contribution in [0.5, 0.6) is 0 Å². The van der Waals surface area contributed by atoms with Crippen LogP contribution in [0.1, 0.15) is 138 Å². The van der Waals surface area contributed by atoms with Crippen LogP contribution in [0.2, 0.25) is 0 Å². The van der Waals surface area contributed by atoms with Crippen LogP contribution in [-0.2, 0) is 0 Å². The molecular formula is C37H64N2. The summed E-state index contributed by atoms with van der Waals surface area (Å²) in [6.07, 6.45) is 5.53. The molecule has 0 aliphatic rings. The number of benzene rings is 1. The molecule has 3 rings (SSSR count). The maximum atomic E-state index is 4.18. The van der Waals surface area contributed by atoms with Gasteiger partial charge in [-0.1, -0.05) is 146 Å². The highest BCUT2D eigenvalue weighted by molar-refractivity contribution is 5.17. The number of rotatable bonds is 3. The molecule has 2 heteroatoms. The zero-order chi connectivity index (χ0) is 30.8. The zero-order valence-corrected chi connectivity index (χ0v) is 28.4. The van der Waals surface area contributed by atoms with Crippen molar-refractivity contribution in [3.8, 4) is 0 Å². The topological polar surface area (TPSA) is 25.8 Å². The van der Waals surface area contributed by atoms with Gasteiger partial charge in [0.2, 0.25) is 0 Å². The Kier molecular flexibility index (Phi) is 28.5. The smallest absolute Gasteiger partial charge is 0.0428 e. The van der Waals surface area contributed by atoms with E-state index in [4.69, 9.17) is 0 Å². The number of nitrogens with zero attached hydrogens (tertiary/aromatic N) is 2. The van der Waals surface area contributed by atoms with Gasteiger partial charge in [-0.2, -0.15) is 0 Å². The molecule has 3 aromatic rings.